The summed E-state index contributed by atoms with van der Waals surface area (Å²) in [4.78, 5) is 40.6. The van der Waals surface area contributed by atoms with E-state index in [9.17, 15) is 14.4 Å². The Kier molecular flexibility index (Phi) is 4.58. The van der Waals surface area contributed by atoms with E-state index in [1.807, 2.05) is 0 Å². The van der Waals surface area contributed by atoms with Crippen LogP contribution < -0.4 is 11.1 Å². The van der Waals surface area contributed by atoms with Gasteiger partial charge in [0.15, 0.2) is 10.8 Å². The molecule has 2 amide bonds. The van der Waals surface area contributed by atoms with Crippen LogP contribution in [-0.2, 0) is 14.4 Å². The number of aliphatic carboxylic acids is 1. The number of nitrogens with zero attached hydrogens (tertiary/aromatic N) is 3. The lowest BCUT2D eigenvalue weighted by Gasteiger charge is -2.48. The molecule has 3 rings (SSSR count). The Labute approximate surface area is 153 Å². The molecule has 0 radical (unpaired) electrons. The van der Waals surface area contributed by atoms with Gasteiger partial charge in [-0.1, -0.05) is 28.1 Å². The molecule has 2 aliphatic rings. The van der Waals surface area contributed by atoms with E-state index in [2.05, 4.69) is 15.5 Å². The lowest BCUT2D eigenvalue weighted by molar-refractivity contribution is -0.150. The number of nitrogen functional groups attached to an aromatic ring is 1. The van der Waals surface area contributed by atoms with Crippen LogP contribution in [0.3, 0.4) is 0 Å². The van der Waals surface area contributed by atoms with Crippen molar-refractivity contribution in [3.63, 3.8) is 0 Å². The van der Waals surface area contributed by atoms with Crippen molar-refractivity contribution in [2.75, 3.05) is 11.5 Å². The zero-order valence-corrected chi connectivity index (χ0v) is 14.6. The third-order valence-corrected chi connectivity index (χ3v) is 5.76. The number of β-lactam (4-membered cyclic amide) rings is 1. The van der Waals surface area contributed by atoms with E-state index in [1.54, 1.807) is 0 Å². The molecule has 1 saturated heterocycles. The number of amides is 2. The number of carboxylic acids is 1. The van der Waals surface area contributed by atoms with Crippen molar-refractivity contribution in [3.05, 3.63) is 21.8 Å². The molecule has 0 saturated carbocycles. The molecule has 5 N–H and O–H groups in total. The maximum absolute atomic E-state index is 12.3. The van der Waals surface area contributed by atoms with Gasteiger partial charge in [-0.15, -0.1) is 11.8 Å². The Balaban J connectivity index is 1.76. The Morgan fingerprint density at radius 3 is 2.80 bits per heavy atom. The van der Waals surface area contributed by atoms with E-state index >= 15 is 0 Å². The van der Waals surface area contributed by atoms with Crippen LogP contribution in [0.2, 0.25) is 4.34 Å². The Bertz CT molecular complexity index is 838. The predicted molar refractivity (Wildman–Crippen MR) is 90.6 cm³/mol. The van der Waals surface area contributed by atoms with Gasteiger partial charge in [0.1, 0.15) is 27.1 Å². The van der Waals surface area contributed by atoms with Crippen molar-refractivity contribution in [1.29, 1.82) is 0 Å². The van der Waals surface area contributed by atoms with Gasteiger partial charge in [0.25, 0.3) is 11.8 Å². The van der Waals surface area contributed by atoms with Crippen LogP contribution in [0, 0.1) is 0 Å². The van der Waals surface area contributed by atoms with Crippen molar-refractivity contribution in [1.82, 2.24) is 15.2 Å². The molecule has 13 heteroatoms. The summed E-state index contributed by atoms with van der Waals surface area (Å²) in [6.07, 6.45) is 1.43. The first kappa shape index (κ1) is 17.5. The first-order valence-electron chi connectivity index (χ1n) is 6.68. The summed E-state index contributed by atoms with van der Waals surface area (Å²) in [7, 11) is 0. The summed E-state index contributed by atoms with van der Waals surface area (Å²) < 4.78 is 0.0603. The molecular formula is C12H10ClN5O5S2. The number of hydrogen-bond donors (Lipinski definition) is 4. The Hall–Kier alpha value is -2.31. The number of halogens is 1. The van der Waals surface area contributed by atoms with E-state index in [0.29, 0.717) is 5.75 Å². The fourth-order valence-corrected chi connectivity index (χ4v) is 4.53. The zero-order valence-electron chi connectivity index (χ0n) is 12.2. The molecule has 0 aromatic carbocycles. The highest BCUT2D eigenvalue weighted by Crippen LogP contribution is 2.37. The molecule has 132 valence electrons. The number of carbonyl (C=O) groups excluding carboxylic acids is 2. The summed E-state index contributed by atoms with van der Waals surface area (Å²) in [5.74, 6) is -2.27. The van der Waals surface area contributed by atoms with Crippen molar-refractivity contribution in [3.8, 4) is 0 Å². The van der Waals surface area contributed by atoms with E-state index in [1.165, 1.54) is 17.8 Å². The number of fused-ring (bicyclic) bond motifs is 1. The summed E-state index contributed by atoms with van der Waals surface area (Å²) in [6.45, 7) is 0. The number of rotatable bonds is 4. The summed E-state index contributed by atoms with van der Waals surface area (Å²) in [5.41, 5.74) is 4.78. The molecule has 1 aromatic heterocycles. The monoisotopic (exact) mass is 403 g/mol. The molecular weight excluding hydrogens is 394 g/mol. The molecule has 0 bridgehead atoms. The molecule has 2 atom stereocenters. The predicted octanol–water partition coefficient (Wildman–Crippen LogP) is -0.0746. The first-order valence-corrected chi connectivity index (χ1v) is 8.92. The average molecular weight is 404 g/mol. The van der Waals surface area contributed by atoms with Gasteiger partial charge in [0, 0.05) is 5.75 Å². The average Bonchev–Trinajstić information content (AvgIpc) is 2.90. The second kappa shape index (κ2) is 6.54. The third kappa shape index (κ3) is 2.92. The van der Waals surface area contributed by atoms with Crippen LogP contribution >= 0.6 is 34.7 Å². The van der Waals surface area contributed by atoms with Gasteiger partial charge >= 0.3 is 5.97 Å². The number of carbonyl (C=O) groups is 3. The summed E-state index contributed by atoms with van der Waals surface area (Å²) in [5, 5.41) is 23.0. The van der Waals surface area contributed by atoms with Gasteiger partial charge in [-0.25, -0.2) is 9.78 Å². The number of hydrogen-bond acceptors (Lipinski definition) is 9. The van der Waals surface area contributed by atoms with Crippen molar-refractivity contribution >= 4 is 63.3 Å². The maximum atomic E-state index is 12.3. The number of aromatic nitrogens is 1. The molecule has 25 heavy (non-hydrogen) atoms. The van der Waals surface area contributed by atoms with E-state index in [0.717, 1.165) is 16.2 Å². The normalized spacial score (nSPS) is 22.8. The smallest absolute Gasteiger partial charge is 0.352 e. The van der Waals surface area contributed by atoms with Crippen LogP contribution in [0.1, 0.15) is 5.69 Å². The van der Waals surface area contributed by atoms with Gasteiger partial charge < -0.3 is 21.4 Å². The number of anilines is 1. The largest absolute Gasteiger partial charge is 0.477 e. The number of thioether (sulfide) groups is 1. The Morgan fingerprint density at radius 1 is 1.52 bits per heavy atom. The van der Waals surface area contributed by atoms with Crippen LogP contribution in [-0.4, -0.2) is 60.9 Å². The Morgan fingerprint density at radius 2 is 2.24 bits per heavy atom. The van der Waals surface area contributed by atoms with Gasteiger partial charge in [-0.05, 0) is 6.08 Å². The quantitative estimate of drug-likeness (QED) is 0.235. The molecule has 1 fully saturated rings. The molecule has 0 spiro atoms. The number of thiazole rings is 1. The highest BCUT2D eigenvalue weighted by Gasteiger charge is 2.53. The van der Waals surface area contributed by atoms with Crippen LogP contribution in [0.5, 0.6) is 0 Å². The van der Waals surface area contributed by atoms with E-state index in [4.69, 9.17) is 27.6 Å². The van der Waals surface area contributed by atoms with E-state index < -0.39 is 34.9 Å². The van der Waals surface area contributed by atoms with Crippen molar-refractivity contribution < 1.29 is 24.7 Å². The standard InChI is InChI=1S/C12H10ClN5O5S2/c13-7-4(16-12(14)25-7)5(17-23)8(19)15-6-9(20)18-3(11(21)22)1-2-24-10(6)18/h1,6,10,23H,2H2,(H2,14,16)(H,15,19)(H,21,22)/b17-5-/t6-,10-/m1/s1. The van der Waals surface area contributed by atoms with Gasteiger partial charge in [0.2, 0.25) is 0 Å². The van der Waals surface area contributed by atoms with Crippen LogP contribution in [0.25, 0.3) is 0 Å². The molecule has 0 aliphatic carbocycles. The minimum Gasteiger partial charge on any atom is -0.477 e. The number of oxime groups is 1. The van der Waals surface area contributed by atoms with Crippen molar-refractivity contribution in [2.45, 2.75) is 11.4 Å². The zero-order chi connectivity index (χ0) is 18.3. The topological polar surface area (TPSA) is 158 Å². The highest BCUT2D eigenvalue weighted by molar-refractivity contribution is 8.00. The van der Waals surface area contributed by atoms with Gasteiger partial charge in [-0.2, -0.15) is 0 Å². The van der Waals surface area contributed by atoms with Crippen LogP contribution in [0.15, 0.2) is 16.9 Å². The summed E-state index contributed by atoms with van der Waals surface area (Å²) >= 11 is 8.09. The number of nitrogens with one attached hydrogen (secondary N) is 1. The number of carboxylic acid groups (broad SMARTS) is 1. The first-order chi connectivity index (χ1) is 11.8. The summed E-state index contributed by atoms with van der Waals surface area (Å²) in [6, 6.07) is -0.952. The minimum absolute atomic E-state index is 0.0603. The maximum Gasteiger partial charge on any atom is 0.352 e. The molecule has 2 aliphatic heterocycles. The molecule has 10 nitrogen and oxygen atoms in total. The van der Waals surface area contributed by atoms with E-state index in [-0.39, 0.29) is 20.9 Å². The van der Waals surface area contributed by atoms with Crippen molar-refractivity contribution in [2.24, 2.45) is 5.16 Å². The molecule has 1 aromatic rings. The lowest BCUT2D eigenvalue weighted by atomic mass is 10.0. The fraction of sp³-hybridized carbons (Fsp3) is 0.250. The van der Waals surface area contributed by atoms with Gasteiger partial charge in [0.05, 0.1) is 0 Å². The molecule has 0 unspecified atom stereocenters. The number of nitrogens with two attached hydrogens (primary N) is 1. The second-order valence-corrected chi connectivity index (χ2v) is 7.68. The van der Waals surface area contributed by atoms with Crippen LogP contribution in [0.4, 0.5) is 5.13 Å². The lowest BCUT2D eigenvalue weighted by Crippen LogP contribution is -2.70. The third-order valence-electron chi connectivity index (χ3n) is 3.49. The second-order valence-electron chi connectivity index (χ2n) is 4.90. The minimum atomic E-state index is -1.22. The van der Waals surface area contributed by atoms with Gasteiger partial charge in [-0.3, -0.25) is 14.5 Å². The molecule has 3 heterocycles. The fourth-order valence-electron chi connectivity index (χ4n) is 2.41. The SMILES string of the molecule is Nc1nc(/C(=N/O)C(=O)N[C@@H]2C(=O)N3C(C(=O)O)=CCS[C@H]23)c(Cl)s1. The highest BCUT2D eigenvalue weighted by atomic mass is 35.5.